The van der Waals surface area contributed by atoms with Gasteiger partial charge >= 0.3 is 0 Å². The van der Waals surface area contributed by atoms with Gasteiger partial charge in [0.1, 0.15) is 0 Å². The molecule has 2 aromatic heterocycles. The highest BCUT2D eigenvalue weighted by molar-refractivity contribution is 5.81. The first-order valence-corrected chi connectivity index (χ1v) is 4.01. The van der Waals surface area contributed by atoms with Gasteiger partial charge in [0.25, 0.3) is 0 Å². The lowest BCUT2D eigenvalue weighted by molar-refractivity contribution is 1.14. The summed E-state index contributed by atoms with van der Waals surface area (Å²) < 4.78 is 1.91. The number of aromatic nitrogens is 2. The molecule has 0 fully saturated rings. The van der Waals surface area contributed by atoms with Crippen LogP contribution >= 0.6 is 0 Å². The minimum atomic E-state index is 0.143. The summed E-state index contributed by atoms with van der Waals surface area (Å²) in [6.07, 6.45) is 4.07. The number of hydrogen-bond acceptors (Lipinski definition) is 2. The molecular formula is C9H10N4. The second kappa shape index (κ2) is 2.90. The molecule has 0 saturated carbocycles. The number of nitrogens with zero attached hydrogens (tertiary/aromatic N) is 2. The van der Waals surface area contributed by atoms with Crippen molar-refractivity contribution in [2.75, 3.05) is 0 Å². The Balaban J connectivity index is 2.51. The van der Waals surface area contributed by atoms with Crippen LogP contribution < -0.4 is 5.73 Å². The molecule has 2 rings (SSSR count). The number of amidine groups is 1. The Bertz CT molecular complexity index is 444. The molecule has 4 heteroatoms. The van der Waals surface area contributed by atoms with Crippen molar-refractivity contribution in [3.05, 3.63) is 36.4 Å². The first-order valence-electron chi connectivity index (χ1n) is 4.01. The lowest BCUT2D eigenvalue weighted by atomic mass is 10.2. The molecule has 0 saturated heterocycles. The van der Waals surface area contributed by atoms with Crippen molar-refractivity contribution >= 4 is 11.4 Å². The highest BCUT2D eigenvalue weighted by atomic mass is 15.0. The van der Waals surface area contributed by atoms with Crippen molar-refractivity contribution < 1.29 is 0 Å². The van der Waals surface area contributed by atoms with Crippen molar-refractivity contribution in [1.29, 1.82) is 5.41 Å². The summed E-state index contributed by atoms with van der Waals surface area (Å²) in [5, 5.41) is 7.17. The molecule has 2 heterocycles. The zero-order valence-electron chi connectivity index (χ0n) is 7.07. The number of imidazole rings is 1. The van der Waals surface area contributed by atoms with Crippen molar-refractivity contribution in [3.8, 4) is 0 Å². The predicted molar refractivity (Wildman–Crippen MR) is 50.8 cm³/mol. The zero-order chi connectivity index (χ0) is 9.26. The molecule has 0 unspecified atom stereocenters. The SMILES string of the molecule is N=C(N)Cc1ncn2ccccc12. The van der Waals surface area contributed by atoms with Crippen molar-refractivity contribution in [1.82, 2.24) is 9.38 Å². The number of pyridine rings is 1. The van der Waals surface area contributed by atoms with Crippen molar-refractivity contribution in [2.24, 2.45) is 5.73 Å². The smallest absolute Gasteiger partial charge is 0.0995 e. The molecule has 13 heavy (non-hydrogen) atoms. The van der Waals surface area contributed by atoms with E-state index in [1.807, 2.05) is 28.8 Å². The Morgan fingerprint density at radius 1 is 1.54 bits per heavy atom. The van der Waals surface area contributed by atoms with Gasteiger partial charge in [0.2, 0.25) is 0 Å². The zero-order valence-corrected chi connectivity index (χ0v) is 7.07. The van der Waals surface area contributed by atoms with Crippen LogP contribution in [0.3, 0.4) is 0 Å². The summed E-state index contributed by atoms with van der Waals surface area (Å²) in [6, 6.07) is 5.85. The van der Waals surface area contributed by atoms with Crippen LogP contribution in [0.15, 0.2) is 30.7 Å². The first-order chi connectivity index (χ1) is 6.27. The number of hydrogen-bond donors (Lipinski definition) is 2. The fourth-order valence-corrected chi connectivity index (χ4v) is 1.32. The topological polar surface area (TPSA) is 67.2 Å². The second-order valence-corrected chi connectivity index (χ2v) is 2.89. The molecule has 0 aromatic carbocycles. The van der Waals surface area contributed by atoms with Crippen LogP contribution in [-0.4, -0.2) is 15.2 Å². The molecule has 0 aliphatic heterocycles. The van der Waals surface area contributed by atoms with Gasteiger partial charge < -0.3 is 10.1 Å². The summed E-state index contributed by atoms with van der Waals surface area (Å²) in [7, 11) is 0. The third-order valence-electron chi connectivity index (χ3n) is 1.88. The van der Waals surface area contributed by atoms with Gasteiger partial charge in [-0.1, -0.05) is 6.07 Å². The standard InChI is InChI=1S/C9H10N4/c10-9(11)5-7-8-3-1-2-4-13(8)6-12-7/h1-4,6H,5H2,(H3,10,11). The van der Waals surface area contributed by atoms with Gasteiger partial charge in [-0.05, 0) is 12.1 Å². The third kappa shape index (κ3) is 1.38. The summed E-state index contributed by atoms with van der Waals surface area (Å²) >= 11 is 0. The Kier molecular flexibility index (Phi) is 1.73. The predicted octanol–water partition coefficient (Wildman–Crippen LogP) is 0.813. The summed E-state index contributed by atoms with van der Waals surface area (Å²) in [4.78, 5) is 4.18. The van der Waals surface area contributed by atoms with Crippen LogP contribution in [-0.2, 0) is 6.42 Å². The fraction of sp³-hybridized carbons (Fsp3) is 0.111. The first kappa shape index (κ1) is 7.79. The minimum absolute atomic E-state index is 0.143. The molecule has 0 radical (unpaired) electrons. The molecular weight excluding hydrogens is 164 g/mol. The molecule has 3 N–H and O–H groups in total. The van der Waals surface area contributed by atoms with Crippen LogP contribution in [0.4, 0.5) is 0 Å². The van der Waals surface area contributed by atoms with E-state index in [-0.39, 0.29) is 5.84 Å². The largest absolute Gasteiger partial charge is 0.387 e. The molecule has 2 aromatic rings. The van der Waals surface area contributed by atoms with E-state index in [0.29, 0.717) is 6.42 Å². The van der Waals surface area contributed by atoms with Gasteiger partial charge in [-0.25, -0.2) is 4.98 Å². The highest BCUT2D eigenvalue weighted by Crippen LogP contribution is 2.08. The maximum absolute atomic E-state index is 7.17. The maximum atomic E-state index is 7.17. The minimum Gasteiger partial charge on any atom is -0.387 e. The molecule has 0 bridgehead atoms. The van der Waals surface area contributed by atoms with Gasteiger partial charge in [0.15, 0.2) is 0 Å². The Morgan fingerprint density at radius 2 is 2.38 bits per heavy atom. The van der Waals surface area contributed by atoms with Crippen LogP contribution in [0.5, 0.6) is 0 Å². The summed E-state index contributed by atoms with van der Waals surface area (Å²) in [6.45, 7) is 0. The van der Waals surface area contributed by atoms with Gasteiger partial charge in [-0.3, -0.25) is 5.41 Å². The van der Waals surface area contributed by atoms with E-state index in [4.69, 9.17) is 11.1 Å². The van der Waals surface area contributed by atoms with Gasteiger partial charge in [0, 0.05) is 12.6 Å². The maximum Gasteiger partial charge on any atom is 0.0995 e. The van der Waals surface area contributed by atoms with Crippen molar-refractivity contribution in [3.63, 3.8) is 0 Å². The van der Waals surface area contributed by atoms with Crippen LogP contribution in [0.25, 0.3) is 5.52 Å². The van der Waals surface area contributed by atoms with E-state index in [0.717, 1.165) is 11.2 Å². The molecule has 0 aliphatic carbocycles. The lowest BCUT2D eigenvalue weighted by Crippen LogP contribution is -2.13. The average Bonchev–Trinajstić information content (AvgIpc) is 2.48. The summed E-state index contributed by atoms with van der Waals surface area (Å²) in [5.41, 5.74) is 7.18. The van der Waals surface area contributed by atoms with E-state index in [2.05, 4.69) is 4.98 Å². The van der Waals surface area contributed by atoms with Crippen molar-refractivity contribution in [2.45, 2.75) is 6.42 Å². The molecule has 0 aliphatic rings. The molecule has 0 spiro atoms. The normalized spacial score (nSPS) is 10.5. The molecule has 66 valence electrons. The molecule has 0 atom stereocenters. The van der Waals surface area contributed by atoms with Crippen LogP contribution in [0, 0.1) is 5.41 Å². The monoisotopic (exact) mass is 174 g/mol. The number of rotatable bonds is 2. The van der Waals surface area contributed by atoms with E-state index in [1.54, 1.807) is 6.33 Å². The van der Waals surface area contributed by atoms with Gasteiger partial charge in [-0.15, -0.1) is 0 Å². The average molecular weight is 174 g/mol. The Labute approximate surface area is 75.5 Å². The Hall–Kier alpha value is -1.84. The fourth-order valence-electron chi connectivity index (χ4n) is 1.32. The third-order valence-corrected chi connectivity index (χ3v) is 1.88. The highest BCUT2D eigenvalue weighted by Gasteiger charge is 2.03. The number of nitrogens with one attached hydrogen (secondary N) is 1. The van der Waals surface area contributed by atoms with E-state index in [9.17, 15) is 0 Å². The van der Waals surface area contributed by atoms with Crippen LogP contribution in [0.2, 0.25) is 0 Å². The Morgan fingerprint density at radius 3 is 3.15 bits per heavy atom. The van der Waals surface area contributed by atoms with E-state index >= 15 is 0 Å². The summed E-state index contributed by atoms with van der Waals surface area (Å²) in [5.74, 6) is 0.143. The number of fused-ring (bicyclic) bond motifs is 1. The number of nitrogens with two attached hydrogens (primary N) is 1. The van der Waals surface area contributed by atoms with Gasteiger partial charge in [0.05, 0.1) is 23.4 Å². The second-order valence-electron chi connectivity index (χ2n) is 2.89. The quantitative estimate of drug-likeness (QED) is 0.522. The van der Waals surface area contributed by atoms with Crippen LogP contribution in [0.1, 0.15) is 5.69 Å². The molecule has 0 amide bonds. The van der Waals surface area contributed by atoms with E-state index in [1.165, 1.54) is 0 Å². The molecule has 4 nitrogen and oxygen atoms in total. The lowest BCUT2D eigenvalue weighted by Gasteiger charge is -1.95. The van der Waals surface area contributed by atoms with Gasteiger partial charge in [-0.2, -0.15) is 0 Å². The van der Waals surface area contributed by atoms with E-state index < -0.39 is 0 Å².